The van der Waals surface area contributed by atoms with Crippen molar-refractivity contribution >= 4 is 12.2 Å². The van der Waals surface area contributed by atoms with Crippen molar-refractivity contribution in [3.05, 3.63) is 81.9 Å². The minimum absolute atomic E-state index is 1.09. The van der Waals surface area contributed by atoms with Crippen LogP contribution in [0.5, 0.6) is 0 Å². The van der Waals surface area contributed by atoms with E-state index in [0.717, 1.165) is 12.8 Å². The Morgan fingerprint density at radius 2 is 1.55 bits per heavy atom. The van der Waals surface area contributed by atoms with Gasteiger partial charge in [0.1, 0.15) is 0 Å². The molecule has 2 aromatic carbocycles. The summed E-state index contributed by atoms with van der Waals surface area (Å²) in [5.74, 6) is 0. The molecule has 0 heterocycles. The van der Waals surface area contributed by atoms with Crippen LogP contribution in [0.1, 0.15) is 47.2 Å². The van der Waals surface area contributed by atoms with Gasteiger partial charge < -0.3 is 0 Å². The first-order chi connectivity index (χ1) is 10.7. The van der Waals surface area contributed by atoms with Gasteiger partial charge in [0.2, 0.25) is 0 Å². The summed E-state index contributed by atoms with van der Waals surface area (Å²) in [5.41, 5.74) is 8.16. The summed E-state index contributed by atoms with van der Waals surface area (Å²) >= 11 is 0. The normalized spacial score (nSPS) is 11.6. The lowest BCUT2D eigenvalue weighted by Gasteiger charge is -2.05. The van der Waals surface area contributed by atoms with Gasteiger partial charge in [-0.3, -0.25) is 0 Å². The third kappa shape index (κ3) is 3.98. The number of benzene rings is 2. The molecule has 0 bridgehead atoms. The molecule has 0 saturated carbocycles. The molecule has 0 aliphatic heterocycles. The highest BCUT2D eigenvalue weighted by atomic mass is 14.0. The summed E-state index contributed by atoms with van der Waals surface area (Å²) in [6, 6.07) is 13.2. The molecule has 22 heavy (non-hydrogen) atoms. The Kier molecular flexibility index (Phi) is 5.77. The summed E-state index contributed by atoms with van der Waals surface area (Å²) in [6.07, 6.45) is 10.8. The second kappa shape index (κ2) is 7.79. The maximum Gasteiger partial charge on any atom is -0.0225 e. The molecule has 0 fully saturated rings. The van der Waals surface area contributed by atoms with Gasteiger partial charge >= 0.3 is 0 Å². The summed E-state index contributed by atoms with van der Waals surface area (Å²) < 4.78 is 0. The van der Waals surface area contributed by atoms with Crippen molar-refractivity contribution in [2.45, 2.75) is 40.5 Å². The van der Waals surface area contributed by atoms with Crippen molar-refractivity contribution in [2.75, 3.05) is 0 Å². The topological polar surface area (TPSA) is 0 Å². The van der Waals surface area contributed by atoms with Gasteiger partial charge in [-0.2, -0.15) is 0 Å². The Morgan fingerprint density at radius 3 is 2.18 bits per heavy atom. The Morgan fingerprint density at radius 1 is 0.818 bits per heavy atom. The molecule has 0 N–H and O–H groups in total. The molecular formula is C22H26. The van der Waals surface area contributed by atoms with Gasteiger partial charge in [-0.1, -0.05) is 74.5 Å². The van der Waals surface area contributed by atoms with Crippen LogP contribution in [0.4, 0.5) is 0 Å². The monoisotopic (exact) mass is 290 g/mol. The van der Waals surface area contributed by atoms with Crippen LogP contribution in [0.25, 0.3) is 12.2 Å². The zero-order valence-electron chi connectivity index (χ0n) is 14.2. The van der Waals surface area contributed by atoms with Gasteiger partial charge in [0.25, 0.3) is 0 Å². The fourth-order valence-electron chi connectivity index (χ4n) is 2.73. The highest BCUT2D eigenvalue weighted by Crippen LogP contribution is 2.17. The minimum atomic E-state index is 1.09. The predicted octanol–water partition coefficient (Wildman–Crippen LogP) is 6.15. The van der Waals surface area contributed by atoms with E-state index >= 15 is 0 Å². The van der Waals surface area contributed by atoms with Crippen LogP contribution in [-0.4, -0.2) is 0 Å². The first-order valence-electron chi connectivity index (χ1n) is 8.18. The largest absolute Gasteiger partial charge is 0.0616 e. The summed E-state index contributed by atoms with van der Waals surface area (Å²) in [6.45, 7) is 8.78. The van der Waals surface area contributed by atoms with Gasteiger partial charge in [0.05, 0.1) is 0 Å². The minimum Gasteiger partial charge on any atom is -0.0616 e. The molecule has 0 radical (unpaired) electrons. The summed E-state index contributed by atoms with van der Waals surface area (Å²) in [7, 11) is 0. The van der Waals surface area contributed by atoms with Crippen molar-refractivity contribution in [3.63, 3.8) is 0 Å². The van der Waals surface area contributed by atoms with E-state index in [9.17, 15) is 0 Å². The highest BCUT2D eigenvalue weighted by molar-refractivity contribution is 5.61. The van der Waals surface area contributed by atoms with E-state index in [0.29, 0.717) is 0 Å². The first kappa shape index (κ1) is 16.3. The molecule has 0 aliphatic carbocycles. The standard InChI is InChI=1S/C22H26/c1-5-19-14-15-21(17(3)16-19)10-7-8-11-22-13-9-12-20(6-2)18(22)4/h7-16H,5-6H2,1-4H3. The molecule has 0 saturated heterocycles. The Bertz CT molecular complexity index is 687. The van der Waals surface area contributed by atoms with Gasteiger partial charge in [0.15, 0.2) is 0 Å². The first-order valence-corrected chi connectivity index (χ1v) is 8.18. The number of hydrogen-bond donors (Lipinski definition) is 0. The molecule has 0 spiro atoms. The van der Waals surface area contributed by atoms with Crippen molar-refractivity contribution in [1.82, 2.24) is 0 Å². The average molecular weight is 290 g/mol. The molecule has 2 aromatic rings. The van der Waals surface area contributed by atoms with E-state index in [2.05, 4.69) is 88.4 Å². The summed E-state index contributed by atoms with van der Waals surface area (Å²) in [4.78, 5) is 0. The Balaban J connectivity index is 2.12. The molecule has 0 amide bonds. The number of rotatable bonds is 5. The molecule has 114 valence electrons. The van der Waals surface area contributed by atoms with Crippen LogP contribution >= 0.6 is 0 Å². The second-order valence-corrected chi connectivity index (χ2v) is 5.75. The van der Waals surface area contributed by atoms with Gasteiger partial charge in [-0.05, 0) is 60.1 Å². The maximum absolute atomic E-state index is 2.28. The lowest BCUT2D eigenvalue weighted by atomic mass is 10.00. The average Bonchev–Trinajstić information content (AvgIpc) is 2.54. The third-order valence-electron chi connectivity index (χ3n) is 4.27. The van der Waals surface area contributed by atoms with E-state index in [-0.39, 0.29) is 0 Å². The lowest BCUT2D eigenvalue weighted by molar-refractivity contribution is 1.11. The second-order valence-electron chi connectivity index (χ2n) is 5.75. The van der Waals surface area contributed by atoms with E-state index in [4.69, 9.17) is 0 Å². The van der Waals surface area contributed by atoms with E-state index in [1.165, 1.54) is 33.4 Å². The highest BCUT2D eigenvalue weighted by Gasteiger charge is 1.98. The van der Waals surface area contributed by atoms with Gasteiger partial charge in [0, 0.05) is 0 Å². The van der Waals surface area contributed by atoms with Crippen LogP contribution in [0, 0.1) is 13.8 Å². The van der Waals surface area contributed by atoms with Crippen molar-refractivity contribution in [1.29, 1.82) is 0 Å². The Labute approximate surface area is 135 Å². The molecule has 0 aliphatic rings. The van der Waals surface area contributed by atoms with Gasteiger partial charge in [-0.25, -0.2) is 0 Å². The van der Waals surface area contributed by atoms with Gasteiger partial charge in [-0.15, -0.1) is 0 Å². The quantitative estimate of drug-likeness (QED) is 0.579. The molecule has 0 unspecified atom stereocenters. The fourth-order valence-corrected chi connectivity index (χ4v) is 2.73. The van der Waals surface area contributed by atoms with Crippen LogP contribution < -0.4 is 0 Å². The van der Waals surface area contributed by atoms with Crippen LogP contribution in [0.3, 0.4) is 0 Å². The predicted molar refractivity (Wildman–Crippen MR) is 99.2 cm³/mol. The van der Waals surface area contributed by atoms with E-state index in [1.54, 1.807) is 0 Å². The Hall–Kier alpha value is -2.08. The fraction of sp³-hybridized carbons (Fsp3) is 0.273. The molecule has 2 rings (SSSR count). The van der Waals surface area contributed by atoms with Crippen LogP contribution in [-0.2, 0) is 12.8 Å². The number of allylic oxidation sites excluding steroid dienone is 2. The molecule has 0 aromatic heterocycles. The van der Waals surface area contributed by atoms with Crippen molar-refractivity contribution in [3.8, 4) is 0 Å². The number of aryl methyl sites for hydroxylation is 3. The number of hydrogen-bond acceptors (Lipinski definition) is 0. The molecule has 0 atom stereocenters. The van der Waals surface area contributed by atoms with E-state index in [1.807, 2.05) is 0 Å². The summed E-state index contributed by atoms with van der Waals surface area (Å²) in [5, 5.41) is 0. The third-order valence-corrected chi connectivity index (χ3v) is 4.27. The van der Waals surface area contributed by atoms with E-state index < -0.39 is 0 Å². The molecule has 0 heteroatoms. The van der Waals surface area contributed by atoms with Crippen LogP contribution in [0.2, 0.25) is 0 Å². The smallest absolute Gasteiger partial charge is 0.0225 e. The zero-order chi connectivity index (χ0) is 15.9. The van der Waals surface area contributed by atoms with Crippen LogP contribution in [0.15, 0.2) is 48.6 Å². The SMILES string of the molecule is CCc1ccc(C=CC=Cc2cccc(CC)c2C)c(C)c1. The van der Waals surface area contributed by atoms with Crippen molar-refractivity contribution in [2.24, 2.45) is 0 Å². The maximum atomic E-state index is 2.28. The lowest BCUT2D eigenvalue weighted by Crippen LogP contribution is -1.88. The zero-order valence-corrected chi connectivity index (χ0v) is 14.2. The van der Waals surface area contributed by atoms with Crippen molar-refractivity contribution < 1.29 is 0 Å². The molecular weight excluding hydrogens is 264 g/mol. The molecule has 0 nitrogen and oxygen atoms in total.